The number of nitrogens with one attached hydrogen (secondary N) is 1. The highest BCUT2D eigenvalue weighted by atomic mass is 16.3. The molecule has 2 atom stereocenters. The van der Waals surface area contributed by atoms with E-state index in [2.05, 4.69) is 30.1 Å². The van der Waals surface area contributed by atoms with Crippen molar-refractivity contribution in [1.29, 1.82) is 0 Å². The van der Waals surface area contributed by atoms with Crippen LogP contribution in [0.1, 0.15) is 26.0 Å². The van der Waals surface area contributed by atoms with E-state index in [1.165, 1.54) is 13.0 Å². The molecule has 0 saturated carbocycles. The van der Waals surface area contributed by atoms with Gasteiger partial charge in [-0.25, -0.2) is 0 Å². The first-order valence-corrected chi connectivity index (χ1v) is 6.25. The van der Waals surface area contributed by atoms with Crippen LogP contribution < -0.4 is 5.32 Å². The largest absolute Gasteiger partial charge is 0.469 e. The van der Waals surface area contributed by atoms with Gasteiger partial charge in [0.05, 0.1) is 6.26 Å². The summed E-state index contributed by atoms with van der Waals surface area (Å²) in [5, 5.41) is 3.52. The second-order valence-electron chi connectivity index (χ2n) is 4.81. The molecule has 1 aliphatic heterocycles. The SMILES string of the molecule is CC1CCN(C(C)Cc2ccco2)CCN1. The van der Waals surface area contributed by atoms with Crippen LogP contribution in [0.5, 0.6) is 0 Å². The summed E-state index contributed by atoms with van der Waals surface area (Å²) in [6, 6.07) is 5.25. The molecule has 0 aromatic carbocycles. The molecular weight excluding hydrogens is 200 g/mol. The predicted octanol–water partition coefficient (Wildman–Crippen LogP) is 1.89. The number of hydrogen-bond acceptors (Lipinski definition) is 3. The fourth-order valence-corrected chi connectivity index (χ4v) is 2.32. The van der Waals surface area contributed by atoms with Crippen LogP contribution in [0.15, 0.2) is 22.8 Å². The molecule has 1 aliphatic rings. The first-order chi connectivity index (χ1) is 7.75. The third kappa shape index (κ3) is 3.09. The Morgan fingerprint density at radius 1 is 1.56 bits per heavy atom. The van der Waals surface area contributed by atoms with Crippen LogP contribution in [0.25, 0.3) is 0 Å². The number of nitrogens with zero attached hydrogens (tertiary/aromatic N) is 1. The maximum Gasteiger partial charge on any atom is 0.105 e. The van der Waals surface area contributed by atoms with Gasteiger partial charge in [-0.05, 0) is 38.9 Å². The van der Waals surface area contributed by atoms with E-state index in [1.807, 2.05) is 6.07 Å². The highest BCUT2D eigenvalue weighted by molar-refractivity contribution is 5.00. The minimum Gasteiger partial charge on any atom is -0.469 e. The van der Waals surface area contributed by atoms with Crippen LogP contribution in [0.3, 0.4) is 0 Å². The Balaban J connectivity index is 1.86. The van der Waals surface area contributed by atoms with Crippen molar-refractivity contribution >= 4 is 0 Å². The lowest BCUT2D eigenvalue weighted by atomic mass is 10.1. The van der Waals surface area contributed by atoms with Gasteiger partial charge >= 0.3 is 0 Å². The van der Waals surface area contributed by atoms with E-state index in [9.17, 15) is 0 Å². The van der Waals surface area contributed by atoms with Crippen molar-refractivity contribution in [2.45, 2.75) is 38.8 Å². The van der Waals surface area contributed by atoms with E-state index in [1.54, 1.807) is 6.26 Å². The van der Waals surface area contributed by atoms with E-state index >= 15 is 0 Å². The topological polar surface area (TPSA) is 28.4 Å². The molecule has 2 heterocycles. The predicted molar refractivity (Wildman–Crippen MR) is 65.5 cm³/mol. The van der Waals surface area contributed by atoms with E-state index in [0.29, 0.717) is 12.1 Å². The fraction of sp³-hybridized carbons (Fsp3) is 0.692. The maximum absolute atomic E-state index is 5.41. The Morgan fingerprint density at radius 2 is 2.44 bits per heavy atom. The number of rotatable bonds is 3. The lowest BCUT2D eigenvalue weighted by Gasteiger charge is -2.26. The van der Waals surface area contributed by atoms with Crippen molar-refractivity contribution in [2.75, 3.05) is 19.6 Å². The van der Waals surface area contributed by atoms with Crippen LogP contribution in [0, 0.1) is 0 Å². The van der Waals surface area contributed by atoms with Crippen LogP contribution in [0.4, 0.5) is 0 Å². The first-order valence-electron chi connectivity index (χ1n) is 6.25. The van der Waals surface area contributed by atoms with Crippen molar-refractivity contribution in [3.05, 3.63) is 24.2 Å². The molecule has 2 unspecified atom stereocenters. The molecule has 1 fully saturated rings. The minimum absolute atomic E-state index is 0.568. The van der Waals surface area contributed by atoms with Crippen LogP contribution in [-0.4, -0.2) is 36.6 Å². The quantitative estimate of drug-likeness (QED) is 0.846. The molecule has 3 heteroatoms. The number of hydrogen-bond donors (Lipinski definition) is 1. The van der Waals surface area contributed by atoms with Crippen molar-refractivity contribution in [1.82, 2.24) is 10.2 Å². The smallest absolute Gasteiger partial charge is 0.105 e. The van der Waals surface area contributed by atoms with Crippen LogP contribution in [0.2, 0.25) is 0 Å². The molecule has 90 valence electrons. The third-order valence-corrected chi connectivity index (χ3v) is 3.44. The summed E-state index contributed by atoms with van der Waals surface area (Å²) in [5.74, 6) is 1.10. The van der Waals surface area contributed by atoms with Crippen molar-refractivity contribution in [3.63, 3.8) is 0 Å². The molecule has 2 rings (SSSR count). The van der Waals surface area contributed by atoms with Gasteiger partial charge in [0, 0.05) is 31.6 Å². The molecule has 0 spiro atoms. The van der Waals surface area contributed by atoms with E-state index in [-0.39, 0.29) is 0 Å². The molecule has 1 aromatic heterocycles. The monoisotopic (exact) mass is 222 g/mol. The molecule has 16 heavy (non-hydrogen) atoms. The summed E-state index contributed by atoms with van der Waals surface area (Å²) in [6.45, 7) is 7.99. The van der Waals surface area contributed by atoms with Gasteiger partial charge in [-0.3, -0.25) is 4.90 Å². The fourth-order valence-electron chi connectivity index (χ4n) is 2.32. The van der Waals surface area contributed by atoms with E-state index in [0.717, 1.165) is 25.3 Å². The standard InChI is InChI=1S/C13H22N2O/c1-11-5-7-15(8-6-14-11)12(2)10-13-4-3-9-16-13/h3-4,9,11-12,14H,5-8,10H2,1-2H3. The molecule has 0 amide bonds. The molecule has 0 bridgehead atoms. The number of furan rings is 1. The minimum atomic E-state index is 0.568. The van der Waals surface area contributed by atoms with Gasteiger partial charge in [0.2, 0.25) is 0 Å². The first kappa shape index (κ1) is 11.7. The van der Waals surface area contributed by atoms with E-state index in [4.69, 9.17) is 4.42 Å². The Hall–Kier alpha value is -0.800. The average molecular weight is 222 g/mol. The van der Waals surface area contributed by atoms with Gasteiger partial charge in [-0.15, -0.1) is 0 Å². The normalized spacial score (nSPS) is 25.2. The Labute approximate surface area is 97.8 Å². The second kappa shape index (κ2) is 5.51. The summed E-state index contributed by atoms with van der Waals surface area (Å²) in [5.41, 5.74) is 0. The van der Waals surface area contributed by atoms with Gasteiger partial charge in [0.1, 0.15) is 5.76 Å². The summed E-state index contributed by atoms with van der Waals surface area (Å²) >= 11 is 0. The molecule has 0 aliphatic carbocycles. The molecule has 3 nitrogen and oxygen atoms in total. The lowest BCUT2D eigenvalue weighted by molar-refractivity contribution is 0.213. The zero-order chi connectivity index (χ0) is 11.4. The van der Waals surface area contributed by atoms with Gasteiger partial charge < -0.3 is 9.73 Å². The second-order valence-corrected chi connectivity index (χ2v) is 4.81. The Bertz CT molecular complexity index is 297. The highest BCUT2D eigenvalue weighted by Gasteiger charge is 2.18. The summed E-state index contributed by atoms with van der Waals surface area (Å²) in [4.78, 5) is 2.55. The van der Waals surface area contributed by atoms with Crippen molar-refractivity contribution in [3.8, 4) is 0 Å². The summed E-state index contributed by atoms with van der Waals surface area (Å²) in [7, 11) is 0. The zero-order valence-corrected chi connectivity index (χ0v) is 10.3. The molecule has 0 radical (unpaired) electrons. The molecular formula is C13H22N2O. The Kier molecular flexibility index (Phi) is 4.02. The maximum atomic E-state index is 5.41. The van der Waals surface area contributed by atoms with E-state index < -0.39 is 0 Å². The van der Waals surface area contributed by atoms with Crippen LogP contribution in [-0.2, 0) is 6.42 Å². The van der Waals surface area contributed by atoms with Gasteiger partial charge in [0.15, 0.2) is 0 Å². The Morgan fingerprint density at radius 3 is 3.19 bits per heavy atom. The zero-order valence-electron chi connectivity index (χ0n) is 10.3. The summed E-state index contributed by atoms with van der Waals surface area (Å²) < 4.78 is 5.41. The van der Waals surface area contributed by atoms with Crippen molar-refractivity contribution in [2.24, 2.45) is 0 Å². The molecule has 1 saturated heterocycles. The summed E-state index contributed by atoms with van der Waals surface area (Å²) in [6.07, 6.45) is 4.01. The lowest BCUT2D eigenvalue weighted by Crippen LogP contribution is -2.37. The molecule has 1 N–H and O–H groups in total. The van der Waals surface area contributed by atoms with Gasteiger partial charge in [0.25, 0.3) is 0 Å². The van der Waals surface area contributed by atoms with Crippen molar-refractivity contribution < 1.29 is 4.42 Å². The molecule has 1 aromatic rings. The highest BCUT2D eigenvalue weighted by Crippen LogP contribution is 2.11. The van der Waals surface area contributed by atoms with Gasteiger partial charge in [-0.2, -0.15) is 0 Å². The van der Waals surface area contributed by atoms with Gasteiger partial charge in [-0.1, -0.05) is 0 Å². The van der Waals surface area contributed by atoms with Crippen LogP contribution >= 0.6 is 0 Å². The third-order valence-electron chi connectivity index (χ3n) is 3.44. The average Bonchev–Trinajstić information content (AvgIpc) is 2.66.